The summed E-state index contributed by atoms with van der Waals surface area (Å²) in [5.41, 5.74) is 3.56. The summed E-state index contributed by atoms with van der Waals surface area (Å²) in [6.07, 6.45) is 3.88. The van der Waals surface area contributed by atoms with Gasteiger partial charge in [-0.05, 0) is 55.6 Å². The lowest BCUT2D eigenvalue weighted by molar-refractivity contribution is 0.201. The summed E-state index contributed by atoms with van der Waals surface area (Å²) in [4.78, 5) is 16.7. The van der Waals surface area contributed by atoms with Gasteiger partial charge in [0.05, 0.1) is 6.61 Å². The predicted octanol–water partition coefficient (Wildman–Crippen LogP) is 4.08. The summed E-state index contributed by atoms with van der Waals surface area (Å²) in [6.45, 7) is 8.00. The highest BCUT2D eigenvalue weighted by Gasteiger charge is 2.34. The molecule has 0 bridgehead atoms. The van der Waals surface area contributed by atoms with E-state index in [1.165, 1.54) is 11.1 Å². The molecule has 2 aromatic rings. The number of halogens is 1. The van der Waals surface area contributed by atoms with Crippen LogP contribution in [0, 0.1) is 0 Å². The topological polar surface area (TPSA) is 45.3 Å². The minimum absolute atomic E-state index is 0.0146. The summed E-state index contributed by atoms with van der Waals surface area (Å²) in [5.74, 6) is 1.49. The molecule has 4 nitrogen and oxygen atoms in total. The third kappa shape index (κ3) is 3.40. The maximum Gasteiger partial charge on any atom is 0.248 e. The Kier molecular flexibility index (Phi) is 4.57. The monoisotopic (exact) mass is 372 g/mol. The molecule has 2 aliphatic heterocycles. The smallest absolute Gasteiger partial charge is 0.248 e. The molecule has 3 heterocycles. The van der Waals surface area contributed by atoms with Crippen LogP contribution >= 0.6 is 11.6 Å². The van der Waals surface area contributed by atoms with Gasteiger partial charge < -0.3 is 9.72 Å². The van der Waals surface area contributed by atoms with Crippen molar-refractivity contribution in [2.75, 3.05) is 19.7 Å². The molecule has 2 aliphatic rings. The number of rotatable bonds is 3. The fraction of sp³-hybridized carbons (Fsp3) is 0.476. The Morgan fingerprint density at radius 3 is 2.77 bits per heavy atom. The molecule has 1 saturated heterocycles. The van der Waals surface area contributed by atoms with Crippen LogP contribution in [0.15, 0.2) is 35.3 Å². The van der Waals surface area contributed by atoms with E-state index in [-0.39, 0.29) is 11.0 Å². The highest BCUT2D eigenvalue weighted by Crippen LogP contribution is 2.43. The van der Waals surface area contributed by atoms with Crippen LogP contribution < -0.4 is 10.3 Å². The molecule has 1 aromatic heterocycles. The average Bonchev–Trinajstić information content (AvgIpc) is 2.91. The maximum absolute atomic E-state index is 11.5. The lowest BCUT2D eigenvalue weighted by Crippen LogP contribution is -2.32. The number of fused-ring (bicyclic) bond motifs is 1. The Bertz CT molecular complexity index is 867. The van der Waals surface area contributed by atoms with Crippen LogP contribution in [0.4, 0.5) is 0 Å². The van der Waals surface area contributed by atoms with E-state index in [2.05, 4.69) is 23.7 Å². The van der Waals surface area contributed by atoms with Gasteiger partial charge >= 0.3 is 0 Å². The highest BCUT2D eigenvalue weighted by molar-refractivity contribution is 6.30. The number of hydrogen-bond donors (Lipinski definition) is 1. The number of ether oxygens (including phenoxy) is 1. The molecular formula is C21H25ClN2O2. The second-order valence-corrected chi connectivity index (χ2v) is 8.59. The molecule has 5 heteroatoms. The lowest BCUT2D eigenvalue weighted by Gasteiger charge is -2.32. The van der Waals surface area contributed by atoms with E-state index in [9.17, 15) is 4.79 Å². The Labute approximate surface area is 159 Å². The zero-order valence-corrected chi connectivity index (χ0v) is 16.1. The number of benzene rings is 1. The number of hydrogen-bond acceptors (Lipinski definition) is 3. The quantitative estimate of drug-likeness (QED) is 0.883. The van der Waals surface area contributed by atoms with E-state index < -0.39 is 0 Å². The molecular weight excluding hydrogens is 348 g/mol. The number of aromatic nitrogens is 1. The maximum atomic E-state index is 11.5. The molecule has 0 atom stereocenters. The number of pyridine rings is 1. The molecule has 1 N–H and O–H groups in total. The normalized spacial score (nSPS) is 20.0. The molecule has 0 amide bonds. The first-order valence-corrected chi connectivity index (χ1v) is 9.67. The van der Waals surface area contributed by atoms with Crippen LogP contribution in [0.2, 0.25) is 5.02 Å². The summed E-state index contributed by atoms with van der Waals surface area (Å²) >= 11 is 6.38. The first kappa shape index (κ1) is 17.6. The minimum Gasteiger partial charge on any atom is -0.492 e. The van der Waals surface area contributed by atoms with Crippen molar-refractivity contribution in [2.24, 2.45) is 0 Å². The van der Waals surface area contributed by atoms with Gasteiger partial charge in [0.1, 0.15) is 5.75 Å². The summed E-state index contributed by atoms with van der Waals surface area (Å²) in [7, 11) is 0. The van der Waals surface area contributed by atoms with Crippen LogP contribution in [-0.4, -0.2) is 29.6 Å². The van der Waals surface area contributed by atoms with E-state index in [1.807, 2.05) is 18.2 Å². The van der Waals surface area contributed by atoms with Gasteiger partial charge in [-0.25, -0.2) is 0 Å². The number of aromatic amines is 1. The van der Waals surface area contributed by atoms with Gasteiger partial charge in [-0.1, -0.05) is 25.4 Å². The van der Waals surface area contributed by atoms with Crippen LogP contribution in [0.1, 0.15) is 49.3 Å². The Morgan fingerprint density at radius 1 is 1.27 bits per heavy atom. The van der Waals surface area contributed by atoms with Crippen LogP contribution in [0.25, 0.3) is 0 Å². The molecule has 0 aliphatic carbocycles. The fourth-order valence-electron chi connectivity index (χ4n) is 4.15. The summed E-state index contributed by atoms with van der Waals surface area (Å²) < 4.78 is 6.02. The third-order valence-corrected chi connectivity index (χ3v) is 5.91. The highest BCUT2D eigenvalue weighted by atomic mass is 35.5. The van der Waals surface area contributed by atoms with E-state index in [1.54, 1.807) is 12.3 Å². The molecule has 0 unspecified atom stereocenters. The molecule has 0 radical (unpaired) electrons. The van der Waals surface area contributed by atoms with Crippen molar-refractivity contribution in [2.45, 2.75) is 44.6 Å². The molecule has 26 heavy (non-hydrogen) atoms. The molecule has 0 saturated carbocycles. The van der Waals surface area contributed by atoms with Crippen molar-refractivity contribution in [1.29, 1.82) is 0 Å². The first-order valence-electron chi connectivity index (χ1n) is 9.29. The molecule has 0 spiro atoms. The molecule has 1 aromatic carbocycles. The van der Waals surface area contributed by atoms with Crippen molar-refractivity contribution in [3.63, 3.8) is 0 Å². The Hall–Kier alpha value is -1.78. The van der Waals surface area contributed by atoms with Gasteiger partial charge in [-0.15, -0.1) is 0 Å². The SMILES string of the molecule is CC1(C)COc2c(CN3CCC(c4cc[nH]c(=O)c4)CC3)cc(Cl)cc21. The number of piperidine rings is 1. The number of H-pyrrole nitrogens is 1. The zero-order valence-electron chi connectivity index (χ0n) is 15.3. The average molecular weight is 373 g/mol. The van der Waals surface area contributed by atoms with Crippen molar-refractivity contribution in [3.05, 3.63) is 62.5 Å². The van der Waals surface area contributed by atoms with E-state index in [4.69, 9.17) is 16.3 Å². The number of likely N-dealkylation sites (tertiary alicyclic amines) is 1. The van der Waals surface area contributed by atoms with Crippen molar-refractivity contribution in [3.8, 4) is 5.75 Å². The fourth-order valence-corrected chi connectivity index (χ4v) is 4.39. The molecule has 138 valence electrons. The van der Waals surface area contributed by atoms with Gasteiger partial charge in [0, 0.05) is 40.4 Å². The molecule has 4 rings (SSSR count). The van der Waals surface area contributed by atoms with E-state index in [0.717, 1.165) is 48.8 Å². The van der Waals surface area contributed by atoms with Crippen molar-refractivity contribution < 1.29 is 4.74 Å². The van der Waals surface area contributed by atoms with E-state index in [0.29, 0.717) is 12.5 Å². The van der Waals surface area contributed by atoms with Gasteiger partial charge in [0.25, 0.3) is 0 Å². The largest absolute Gasteiger partial charge is 0.492 e. The Balaban J connectivity index is 1.47. The summed E-state index contributed by atoms with van der Waals surface area (Å²) in [5, 5.41) is 0.788. The molecule has 1 fully saturated rings. The first-order chi connectivity index (χ1) is 12.4. The van der Waals surface area contributed by atoms with Gasteiger partial charge in [-0.3, -0.25) is 9.69 Å². The Morgan fingerprint density at radius 2 is 2.04 bits per heavy atom. The van der Waals surface area contributed by atoms with Crippen molar-refractivity contribution in [1.82, 2.24) is 9.88 Å². The lowest BCUT2D eigenvalue weighted by atomic mass is 9.86. The van der Waals surface area contributed by atoms with Gasteiger partial charge in [-0.2, -0.15) is 0 Å². The van der Waals surface area contributed by atoms with Gasteiger partial charge in [0.15, 0.2) is 0 Å². The number of nitrogens with one attached hydrogen (secondary N) is 1. The minimum atomic E-state index is -0.0146. The third-order valence-electron chi connectivity index (χ3n) is 5.69. The van der Waals surface area contributed by atoms with Crippen molar-refractivity contribution >= 4 is 11.6 Å². The van der Waals surface area contributed by atoms with Crippen LogP contribution in [-0.2, 0) is 12.0 Å². The predicted molar refractivity (Wildman–Crippen MR) is 104 cm³/mol. The van der Waals surface area contributed by atoms with Crippen LogP contribution in [0.5, 0.6) is 5.75 Å². The summed E-state index contributed by atoms with van der Waals surface area (Å²) in [6, 6.07) is 7.86. The standard InChI is InChI=1S/C21H25ClN2O2/c1-21(2)13-26-20-16(9-17(22)11-18(20)21)12-24-7-4-14(5-8-24)15-3-6-23-19(25)10-15/h3,6,9-11,14H,4-5,7-8,12-13H2,1-2H3,(H,23,25). The van der Waals surface area contributed by atoms with E-state index >= 15 is 0 Å². The second kappa shape index (κ2) is 6.75. The zero-order chi connectivity index (χ0) is 18.3. The number of nitrogens with zero attached hydrogens (tertiary/aromatic N) is 1. The second-order valence-electron chi connectivity index (χ2n) is 8.15. The van der Waals surface area contributed by atoms with Crippen LogP contribution in [0.3, 0.4) is 0 Å². The van der Waals surface area contributed by atoms with Gasteiger partial charge in [0.2, 0.25) is 5.56 Å².